The molecule has 1 N–H and O–H groups in total. The molecule has 0 aliphatic rings. The number of carboxylic acid groups (broad SMARTS) is 1. The summed E-state index contributed by atoms with van der Waals surface area (Å²) in [6.45, 7) is 4.21. The Bertz CT molecular complexity index is 482. The molecule has 180 valence electrons. The number of carbonyl (C=O) groups is 2. The van der Waals surface area contributed by atoms with Gasteiger partial charge in [0.15, 0.2) is 0 Å². The van der Waals surface area contributed by atoms with Gasteiger partial charge < -0.3 is 9.84 Å². The van der Waals surface area contributed by atoms with Gasteiger partial charge in [-0.1, -0.05) is 83.1 Å². The monoisotopic (exact) mass is 436 g/mol. The summed E-state index contributed by atoms with van der Waals surface area (Å²) in [5.41, 5.74) is 0. The van der Waals surface area contributed by atoms with Crippen molar-refractivity contribution in [1.82, 2.24) is 0 Å². The third-order valence-corrected chi connectivity index (χ3v) is 5.50. The zero-order valence-electron chi connectivity index (χ0n) is 20.3. The lowest BCUT2D eigenvalue weighted by atomic mass is 10.1. The smallest absolute Gasteiger partial charge is 0.306 e. The van der Waals surface area contributed by atoms with Gasteiger partial charge in [0.2, 0.25) is 0 Å². The van der Waals surface area contributed by atoms with Gasteiger partial charge in [0.05, 0.1) is 0 Å². The van der Waals surface area contributed by atoms with E-state index in [1.807, 2.05) is 6.92 Å². The highest BCUT2D eigenvalue weighted by atomic mass is 16.5. The van der Waals surface area contributed by atoms with E-state index in [4.69, 9.17) is 9.84 Å². The second-order valence-corrected chi connectivity index (χ2v) is 8.49. The Kier molecular flexibility index (Phi) is 21.9. The minimum absolute atomic E-state index is 0.134. The molecule has 0 heterocycles. The third-order valence-electron chi connectivity index (χ3n) is 5.50. The molecule has 0 amide bonds. The van der Waals surface area contributed by atoms with Gasteiger partial charge in [-0.05, 0) is 57.8 Å². The van der Waals surface area contributed by atoms with Crippen molar-refractivity contribution in [3.63, 3.8) is 0 Å². The van der Waals surface area contributed by atoms with Gasteiger partial charge in [0, 0.05) is 12.8 Å². The number of hydrogen-bond donors (Lipinski definition) is 1. The maximum atomic E-state index is 11.9. The van der Waals surface area contributed by atoms with Crippen molar-refractivity contribution in [3.05, 3.63) is 24.3 Å². The maximum absolute atomic E-state index is 11.9. The van der Waals surface area contributed by atoms with Gasteiger partial charge in [-0.2, -0.15) is 0 Å². The second-order valence-electron chi connectivity index (χ2n) is 8.49. The van der Waals surface area contributed by atoms with Crippen LogP contribution in [0.2, 0.25) is 0 Å². The largest absolute Gasteiger partial charge is 0.481 e. The molecule has 4 heteroatoms. The van der Waals surface area contributed by atoms with Crippen molar-refractivity contribution in [2.24, 2.45) is 0 Å². The first-order valence-corrected chi connectivity index (χ1v) is 12.8. The number of unbranched alkanes of at least 4 members (excludes halogenated alkanes) is 10. The molecule has 0 bridgehead atoms. The molecule has 1 unspecified atom stereocenters. The SMILES string of the molecule is CCCCC/C=C\C/C=C\CCCCCCCCCC(=O)OC(CC)CCCC(=O)O. The van der Waals surface area contributed by atoms with Crippen LogP contribution in [0.4, 0.5) is 0 Å². The van der Waals surface area contributed by atoms with Crippen LogP contribution in [0.3, 0.4) is 0 Å². The van der Waals surface area contributed by atoms with Crippen LogP contribution in [0.25, 0.3) is 0 Å². The molecular formula is C27H48O4. The molecule has 0 saturated carbocycles. The number of allylic oxidation sites excluding steroid dienone is 4. The average molecular weight is 437 g/mol. The number of rotatable bonds is 22. The highest BCUT2D eigenvalue weighted by molar-refractivity contribution is 5.69. The summed E-state index contributed by atoms with van der Waals surface area (Å²) in [5, 5.41) is 8.68. The van der Waals surface area contributed by atoms with Crippen LogP contribution in [0.5, 0.6) is 0 Å². The molecule has 0 rings (SSSR count). The summed E-state index contributed by atoms with van der Waals surface area (Å²) in [6.07, 6.45) is 27.2. The van der Waals surface area contributed by atoms with Crippen molar-refractivity contribution in [2.75, 3.05) is 0 Å². The number of carboxylic acids is 1. The molecule has 0 aliphatic carbocycles. The van der Waals surface area contributed by atoms with Gasteiger partial charge in [-0.3, -0.25) is 9.59 Å². The van der Waals surface area contributed by atoms with E-state index in [1.54, 1.807) is 0 Å². The molecular weight excluding hydrogens is 388 g/mol. The van der Waals surface area contributed by atoms with E-state index in [0.717, 1.165) is 25.7 Å². The predicted octanol–water partition coefficient (Wildman–Crippen LogP) is 8.16. The molecule has 0 radical (unpaired) electrons. The van der Waals surface area contributed by atoms with E-state index < -0.39 is 5.97 Å². The van der Waals surface area contributed by atoms with Crippen molar-refractivity contribution in [2.45, 2.75) is 136 Å². The third kappa shape index (κ3) is 22.9. The molecule has 1 atom stereocenters. The Balaban J connectivity index is 3.45. The maximum Gasteiger partial charge on any atom is 0.306 e. The van der Waals surface area contributed by atoms with Gasteiger partial charge in [-0.15, -0.1) is 0 Å². The summed E-state index contributed by atoms with van der Waals surface area (Å²) >= 11 is 0. The molecule has 0 aromatic heterocycles. The lowest BCUT2D eigenvalue weighted by Crippen LogP contribution is -2.17. The van der Waals surface area contributed by atoms with Crippen LogP contribution < -0.4 is 0 Å². The van der Waals surface area contributed by atoms with Crippen molar-refractivity contribution >= 4 is 11.9 Å². The Labute approximate surface area is 191 Å². The number of hydrogen-bond acceptors (Lipinski definition) is 3. The minimum atomic E-state index is -0.793. The topological polar surface area (TPSA) is 63.6 Å². The summed E-state index contributed by atoms with van der Waals surface area (Å²) in [4.78, 5) is 22.5. The first-order valence-electron chi connectivity index (χ1n) is 12.8. The summed E-state index contributed by atoms with van der Waals surface area (Å²) in [6, 6.07) is 0. The van der Waals surface area contributed by atoms with Gasteiger partial charge in [0.25, 0.3) is 0 Å². The van der Waals surface area contributed by atoms with Crippen LogP contribution in [-0.2, 0) is 14.3 Å². The average Bonchev–Trinajstić information content (AvgIpc) is 2.75. The summed E-state index contributed by atoms with van der Waals surface area (Å²) < 4.78 is 5.47. The minimum Gasteiger partial charge on any atom is -0.481 e. The summed E-state index contributed by atoms with van der Waals surface area (Å²) in [7, 11) is 0. The first-order chi connectivity index (χ1) is 15.1. The van der Waals surface area contributed by atoms with Crippen LogP contribution in [0, 0.1) is 0 Å². The number of carbonyl (C=O) groups excluding carboxylic acids is 1. The molecule has 0 aliphatic heterocycles. The van der Waals surface area contributed by atoms with Gasteiger partial charge in [0.1, 0.15) is 6.10 Å². The highest BCUT2D eigenvalue weighted by Crippen LogP contribution is 2.13. The standard InChI is InChI=1S/C27H48O4/c1-3-5-6-7-8-9-10-11-12-13-14-15-16-17-18-19-20-24-27(30)31-25(4-2)22-21-23-26(28)29/h8-9,11-12,25H,3-7,10,13-24H2,1-2H3,(H,28,29)/b9-8-,12-11-. The Morgan fingerprint density at radius 2 is 1.32 bits per heavy atom. The fraction of sp³-hybridized carbons (Fsp3) is 0.778. The second kappa shape index (κ2) is 23.1. The van der Waals surface area contributed by atoms with E-state index in [-0.39, 0.29) is 18.5 Å². The van der Waals surface area contributed by atoms with Crippen LogP contribution in [0.1, 0.15) is 129 Å². The Morgan fingerprint density at radius 3 is 1.90 bits per heavy atom. The highest BCUT2D eigenvalue weighted by Gasteiger charge is 2.12. The van der Waals surface area contributed by atoms with Gasteiger partial charge >= 0.3 is 11.9 Å². The van der Waals surface area contributed by atoms with Gasteiger partial charge in [-0.25, -0.2) is 0 Å². The van der Waals surface area contributed by atoms with E-state index >= 15 is 0 Å². The van der Waals surface area contributed by atoms with E-state index in [9.17, 15) is 9.59 Å². The Morgan fingerprint density at radius 1 is 0.742 bits per heavy atom. The van der Waals surface area contributed by atoms with Crippen molar-refractivity contribution in [3.8, 4) is 0 Å². The lowest BCUT2D eigenvalue weighted by Gasteiger charge is -2.15. The zero-order chi connectivity index (χ0) is 23.0. The van der Waals surface area contributed by atoms with Crippen molar-refractivity contribution < 1.29 is 19.4 Å². The van der Waals surface area contributed by atoms with Crippen molar-refractivity contribution in [1.29, 1.82) is 0 Å². The molecule has 4 nitrogen and oxygen atoms in total. The number of aliphatic carboxylic acids is 1. The van der Waals surface area contributed by atoms with E-state index in [1.165, 1.54) is 64.2 Å². The van der Waals surface area contributed by atoms with E-state index in [0.29, 0.717) is 19.3 Å². The van der Waals surface area contributed by atoms with Crippen LogP contribution in [-0.4, -0.2) is 23.1 Å². The summed E-state index contributed by atoms with van der Waals surface area (Å²) in [5.74, 6) is -0.927. The van der Waals surface area contributed by atoms with Crippen LogP contribution in [0.15, 0.2) is 24.3 Å². The fourth-order valence-corrected chi connectivity index (χ4v) is 3.51. The molecule has 31 heavy (non-hydrogen) atoms. The first kappa shape index (κ1) is 29.4. The predicted molar refractivity (Wildman–Crippen MR) is 130 cm³/mol. The normalized spacial score (nSPS) is 12.6. The molecule has 0 aromatic rings. The molecule has 0 saturated heterocycles. The Hall–Kier alpha value is -1.58. The van der Waals surface area contributed by atoms with Crippen LogP contribution >= 0.6 is 0 Å². The zero-order valence-corrected chi connectivity index (χ0v) is 20.3. The number of esters is 1. The fourth-order valence-electron chi connectivity index (χ4n) is 3.51. The lowest BCUT2D eigenvalue weighted by molar-refractivity contribution is -0.149. The molecule has 0 spiro atoms. The molecule has 0 aromatic carbocycles. The quantitative estimate of drug-likeness (QED) is 0.106. The van der Waals surface area contributed by atoms with E-state index in [2.05, 4.69) is 31.2 Å². The number of ether oxygens (including phenoxy) is 1. The molecule has 0 fully saturated rings.